The van der Waals surface area contributed by atoms with Crippen LogP contribution in [0, 0.1) is 35.5 Å². The number of allylic oxidation sites excluding steroid dienone is 3. The monoisotopic (exact) mass is 840 g/mol. The number of hydrogen-bond acceptors (Lipinski definition) is 11. The average molecular weight is 841 g/mol. The standard InChI is InChI=1S/C45H68N4O7S2/c1-26-34-18-41(53-3)43(20-36(34)46-22-33-16-31-9-5-7-11-38(31)48(26)33)55-23-28-13-29(15-30(14-28)25-57)24-56-44-21-37-35(19-42(44)54-4)27(2)49-39-12-8-6-10-32(39)17-40(49)45(47-37)58(50,51)52/h15,28,30-40,45-47,57H,1-2,5-14,16-25H2,3-4H3,(H,50,51,52)/t28?,30-,31+,32?,33-,34+,35-,36+,37?,38?,39-,40-,45?/m0/s1. The highest BCUT2D eigenvalue weighted by Crippen LogP contribution is 2.50. The van der Waals surface area contributed by atoms with Gasteiger partial charge in [-0.05, 0) is 86.4 Å². The van der Waals surface area contributed by atoms with Gasteiger partial charge in [-0.1, -0.05) is 44.9 Å². The van der Waals surface area contributed by atoms with Crippen LogP contribution in [-0.4, -0.2) is 104 Å². The van der Waals surface area contributed by atoms with Crippen molar-refractivity contribution in [1.29, 1.82) is 0 Å². The number of thiol groups is 1. The van der Waals surface area contributed by atoms with Crippen LogP contribution in [0.15, 0.2) is 59.2 Å². The maximum Gasteiger partial charge on any atom is 0.283 e. The van der Waals surface area contributed by atoms with Gasteiger partial charge in [-0.25, -0.2) is 0 Å². The second-order valence-electron chi connectivity index (χ2n) is 19.2. The van der Waals surface area contributed by atoms with Gasteiger partial charge >= 0.3 is 0 Å². The van der Waals surface area contributed by atoms with Crippen LogP contribution in [0.3, 0.4) is 0 Å². The van der Waals surface area contributed by atoms with E-state index in [9.17, 15) is 13.0 Å². The smallest absolute Gasteiger partial charge is 0.283 e. The van der Waals surface area contributed by atoms with Crippen LogP contribution in [0.25, 0.3) is 0 Å². The Hall–Kier alpha value is -2.32. The molecule has 9 rings (SSSR count). The molecular weight excluding hydrogens is 773 g/mol. The minimum Gasteiger partial charge on any atom is -0.498 e. The Morgan fingerprint density at radius 1 is 0.776 bits per heavy atom. The molecule has 58 heavy (non-hydrogen) atoms. The molecule has 0 amide bonds. The largest absolute Gasteiger partial charge is 0.498 e. The van der Waals surface area contributed by atoms with Crippen molar-refractivity contribution in [2.75, 3.05) is 39.7 Å². The summed E-state index contributed by atoms with van der Waals surface area (Å²) in [6.07, 6.45) is 18.7. The highest BCUT2D eigenvalue weighted by atomic mass is 32.2. The lowest BCUT2D eigenvalue weighted by atomic mass is 9.81. The fourth-order valence-corrected chi connectivity index (χ4v) is 14.6. The number of rotatable bonds is 10. The van der Waals surface area contributed by atoms with Gasteiger partial charge in [0.25, 0.3) is 10.1 Å². The zero-order valence-electron chi connectivity index (χ0n) is 34.8. The lowest BCUT2D eigenvalue weighted by Crippen LogP contribution is -2.52. The molecule has 5 unspecified atom stereocenters. The second kappa shape index (κ2) is 16.9. The van der Waals surface area contributed by atoms with Gasteiger partial charge in [0.15, 0.2) is 5.37 Å². The van der Waals surface area contributed by atoms with Crippen molar-refractivity contribution in [2.45, 2.75) is 144 Å². The number of methoxy groups -OCH3 is 2. The number of ether oxygens (including phenoxy) is 4. The van der Waals surface area contributed by atoms with E-state index in [1.54, 1.807) is 14.2 Å². The van der Waals surface area contributed by atoms with Crippen molar-refractivity contribution in [3.63, 3.8) is 0 Å². The zero-order chi connectivity index (χ0) is 40.3. The van der Waals surface area contributed by atoms with E-state index in [0.29, 0.717) is 67.9 Å². The molecule has 4 aliphatic heterocycles. The molecule has 11 nitrogen and oxygen atoms in total. The van der Waals surface area contributed by atoms with Crippen molar-refractivity contribution < 1.29 is 31.9 Å². The van der Waals surface area contributed by atoms with Gasteiger partial charge in [-0.15, -0.1) is 0 Å². The Kier molecular flexibility index (Phi) is 11.9. The molecule has 5 aliphatic carbocycles. The molecule has 4 saturated heterocycles. The SMILES string of the molecule is C=C1[C@H]2CC(OC)=C(OCC3CC(COC4=C(OC)C[C@H]5C(=C)N6[C@H]7CCCCC7C[C@H]6C(S(=O)(=O)O)NC5C4)=C[C@@H](CS)C3)C[C@H]2NC[C@@H]2C[C@H]3CCCCC3N12. The van der Waals surface area contributed by atoms with E-state index in [-0.39, 0.29) is 24.0 Å². The Morgan fingerprint density at radius 2 is 1.40 bits per heavy atom. The van der Waals surface area contributed by atoms with E-state index < -0.39 is 15.5 Å². The Labute approximate surface area is 352 Å². The average Bonchev–Trinajstić information content (AvgIpc) is 3.73. The first-order valence-electron chi connectivity index (χ1n) is 22.5. The number of nitrogens with one attached hydrogen (secondary N) is 2. The van der Waals surface area contributed by atoms with Gasteiger partial charge in [0.05, 0.1) is 26.9 Å². The highest BCUT2D eigenvalue weighted by Gasteiger charge is 2.54. The van der Waals surface area contributed by atoms with Gasteiger partial charge < -0.3 is 34.1 Å². The summed E-state index contributed by atoms with van der Waals surface area (Å²) in [6, 6.07) is 1.16. The Balaban J connectivity index is 0.851. The van der Waals surface area contributed by atoms with Crippen molar-refractivity contribution in [3.8, 4) is 0 Å². The lowest BCUT2D eigenvalue weighted by molar-refractivity contribution is 0.0949. The molecule has 13 heteroatoms. The van der Waals surface area contributed by atoms with Crippen LogP contribution in [0.5, 0.6) is 0 Å². The van der Waals surface area contributed by atoms with Crippen molar-refractivity contribution >= 4 is 22.7 Å². The predicted molar refractivity (Wildman–Crippen MR) is 228 cm³/mol. The topological polar surface area (TPSA) is 122 Å². The minimum atomic E-state index is -4.37. The summed E-state index contributed by atoms with van der Waals surface area (Å²) in [5.74, 6) is 6.32. The summed E-state index contributed by atoms with van der Waals surface area (Å²) in [6.45, 7) is 11.4. The first-order chi connectivity index (χ1) is 28.0. The number of hydrogen-bond donors (Lipinski definition) is 4. The summed E-state index contributed by atoms with van der Waals surface area (Å²) >= 11 is 4.73. The fraction of sp³-hybridized carbons (Fsp3) is 0.778. The molecule has 0 aromatic rings. The van der Waals surface area contributed by atoms with Gasteiger partial charge in [0.2, 0.25) is 0 Å². The third-order valence-electron chi connectivity index (χ3n) is 16.0. The molecule has 4 heterocycles. The molecule has 13 atom stereocenters. The maximum atomic E-state index is 13.0. The molecule has 0 radical (unpaired) electrons. The number of fused-ring (bicyclic) bond motifs is 8. The molecule has 0 spiro atoms. The summed E-state index contributed by atoms with van der Waals surface area (Å²) in [4.78, 5) is 5.00. The van der Waals surface area contributed by atoms with Gasteiger partial charge in [-0.3, -0.25) is 9.87 Å². The van der Waals surface area contributed by atoms with E-state index in [1.807, 2.05) is 0 Å². The first-order valence-corrected chi connectivity index (χ1v) is 24.7. The summed E-state index contributed by atoms with van der Waals surface area (Å²) < 4.78 is 62.0. The molecule has 6 fully saturated rings. The summed E-state index contributed by atoms with van der Waals surface area (Å²) in [5, 5.41) is 6.32. The Bertz CT molecular complexity index is 1800. The summed E-state index contributed by atoms with van der Waals surface area (Å²) in [7, 11) is -0.890. The quantitative estimate of drug-likeness (QED) is 0.105. The normalized spacial score (nSPS) is 40.3. The van der Waals surface area contributed by atoms with Crippen molar-refractivity contribution in [2.24, 2.45) is 35.5 Å². The third kappa shape index (κ3) is 7.75. The minimum absolute atomic E-state index is 0.0600. The van der Waals surface area contributed by atoms with Crippen LogP contribution in [0.4, 0.5) is 0 Å². The van der Waals surface area contributed by atoms with E-state index >= 15 is 0 Å². The molecule has 322 valence electrons. The van der Waals surface area contributed by atoms with E-state index in [0.717, 1.165) is 98.3 Å². The van der Waals surface area contributed by atoms with Gasteiger partial charge in [-0.2, -0.15) is 21.0 Å². The third-order valence-corrected chi connectivity index (χ3v) is 17.6. The molecule has 2 saturated carbocycles. The first kappa shape index (κ1) is 41.1. The lowest BCUT2D eigenvalue weighted by Gasteiger charge is -2.40. The van der Waals surface area contributed by atoms with Crippen LogP contribution < -0.4 is 10.6 Å². The summed E-state index contributed by atoms with van der Waals surface area (Å²) in [5.41, 5.74) is 3.48. The van der Waals surface area contributed by atoms with E-state index in [1.165, 1.54) is 49.8 Å². The van der Waals surface area contributed by atoms with E-state index in [4.69, 9.17) is 38.2 Å². The van der Waals surface area contributed by atoms with Crippen LogP contribution >= 0.6 is 12.6 Å². The second-order valence-corrected chi connectivity index (χ2v) is 21.1. The Morgan fingerprint density at radius 3 is 2.09 bits per heavy atom. The molecule has 0 aromatic carbocycles. The highest BCUT2D eigenvalue weighted by molar-refractivity contribution is 7.86. The molecule has 9 aliphatic rings. The molecular formula is C45H68N4O7S2. The van der Waals surface area contributed by atoms with Crippen molar-refractivity contribution in [1.82, 2.24) is 20.4 Å². The van der Waals surface area contributed by atoms with Gasteiger partial charge in [0.1, 0.15) is 29.6 Å². The number of nitrogens with zero attached hydrogens (tertiary/aromatic N) is 2. The fourth-order valence-electron chi connectivity index (χ4n) is 13.4. The van der Waals surface area contributed by atoms with Crippen LogP contribution in [0.1, 0.15) is 103 Å². The predicted octanol–water partition coefficient (Wildman–Crippen LogP) is 6.89. The van der Waals surface area contributed by atoms with Gasteiger partial charge in [0, 0.05) is 85.7 Å². The molecule has 3 N–H and O–H groups in total. The molecule has 0 aromatic heterocycles. The van der Waals surface area contributed by atoms with Crippen LogP contribution in [-0.2, 0) is 29.1 Å². The van der Waals surface area contributed by atoms with Crippen molar-refractivity contribution in [3.05, 3.63) is 59.2 Å². The van der Waals surface area contributed by atoms with Crippen LogP contribution in [0.2, 0.25) is 0 Å². The maximum absolute atomic E-state index is 13.0. The van der Waals surface area contributed by atoms with E-state index in [2.05, 4.69) is 33.1 Å². The molecule has 0 bridgehead atoms. The zero-order valence-corrected chi connectivity index (χ0v) is 36.5.